The fourth-order valence-corrected chi connectivity index (χ4v) is 1.22. The summed E-state index contributed by atoms with van der Waals surface area (Å²) in [5.41, 5.74) is 15.1. The highest BCUT2D eigenvalue weighted by Crippen LogP contribution is 2.01. The van der Waals surface area contributed by atoms with Crippen molar-refractivity contribution in [1.29, 1.82) is 0 Å². The molecule has 0 amide bonds. The lowest BCUT2D eigenvalue weighted by Gasteiger charge is -2.07. The maximum atomic E-state index is 10.1. The third kappa shape index (κ3) is 21.7. The minimum absolute atomic E-state index is 0.0231. The zero-order chi connectivity index (χ0) is 22.3. The fourth-order valence-electron chi connectivity index (χ4n) is 1.22. The first-order valence-electron chi connectivity index (χ1n) is 7.98. The second-order valence-electron chi connectivity index (χ2n) is 6.06. The third-order valence-electron chi connectivity index (χ3n) is 2.83. The zero-order valence-corrected chi connectivity index (χ0v) is 15.6. The van der Waals surface area contributed by atoms with Crippen molar-refractivity contribution in [3.8, 4) is 0 Å². The maximum absolute atomic E-state index is 10.1. The van der Waals surface area contributed by atoms with Crippen LogP contribution in [0, 0.1) is 5.92 Å². The van der Waals surface area contributed by atoms with Gasteiger partial charge in [-0.1, -0.05) is 13.8 Å². The van der Waals surface area contributed by atoms with Crippen LogP contribution >= 0.6 is 0 Å². The lowest BCUT2D eigenvalue weighted by molar-refractivity contribution is -0.141. The van der Waals surface area contributed by atoms with Crippen LogP contribution in [0.2, 0.25) is 0 Å². The number of hydrogen-bond acceptors (Lipinski definition) is 8. The van der Waals surface area contributed by atoms with E-state index in [0.717, 1.165) is 0 Å². The maximum Gasteiger partial charge on any atom is 0.323 e. The first-order chi connectivity index (χ1) is 12.1. The Bertz CT molecular complexity index is 469. The Kier molecular flexibility index (Phi) is 17.4. The van der Waals surface area contributed by atoms with E-state index in [4.69, 9.17) is 42.7 Å². The molecule has 0 aromatic rings. The highest BCUT2D eigenvalue weighted by molar-refractivity contribution is 5.75. The van der Waals surface area contributed by atoms with Crippen molar-refractivity contribution in [2.24, 2.45) is 23.1 Å². The van der Waals surface area contributed by atoms with Crippen LogP contribution in [-0.4, -0.2) is 73.6 Å². The molecule has 12 nitrogen and oxygen atoms in total. The summed E-state index contributed by atoms with van der Waals surface area (Å²) in [6.07, 6.45) is -0.652. The van der Waals surface area contributed by atoms with Crippen LogP contribution in [0.25, 0.3) is 0 Å². The van der Waals surface area contributed by atoms with E-state index < -0.39 is 48.1 Å². The van der Waals surface area contributed by atoms with Crippen LogP contribution in [0.15, 0.2) is 0 Å². The van der Waals surface area contributed by atoms with Gasteiger partial charge in [0.05, 0.1) is 6.10 Å². The molecular weight excluding hydrogens is 366 g/mol. The highest BCUT2D eigenvalue weighted by atomic mass is 16.4. The molecule has 12 heteroatoms. The van der Waals surface area contributed by atoms with Gasteiger partial charge in [-0.2, -0.15) is 0 Å². The Balaban J connectivity index is -0.000000322. The molecule has 0 saturated carbocycles. The minimum Gasteiger partial charge on any atom is -0.481 e. The first kappa shape index (κ1) is 29.5. The van der Waals surface area contributed by atoms with E-state index in [1.807, 2.05) is 13.8 Å². The molecule has 4 atom stereocenters. The number of rotatable bonds is 9. The molecule has 0 aliphatic rings. The Labute approximate surface area is 156 Å². The van der Waals surface area contributed by atoms with Gasteiger partial charge in [0.25, 0.3) is 0 Å². The van der Waals surface area contributed by atoms with E-state index in [1.54, 1.807) is 0 Å². The van der Waals surface area contributed by atoms with Gasteiger partial charge < -0.3 is 42.7 Å². The van der Waals surface area contributed by atoms with Crippen LogP contribution in [0.1, 0.15) is 40.0 Å². The summed E-state index contributed by atoms with van der Waals surface area (Å²) in [6, 6.07) is -2.91. The zero-order valence-electron chi connectivity index (χ0n) is 15.6. The number of aliphatic hydroxyl groups excluding tert-OH is 1. The van der Waals surface area contributed by atoms with E-state index in [1.165, 1.54) is 6.92 Å². The van der Waals surface area contributed by atoms with Crippen molar-refractivity contribution in [3.05, 3.63) is 0 Å². The monoisotopic (exact) mass is 397 g/mol. The first-order valence-corrected chi connectivity index (χ1v) is 7.98. The number of aliphatic carboxylic acids is 4. The molecule has 0 saturated heterocycles. The lowest BCUT2D eigenvalue weighted by atomic mass is 10.1. The number of carboxylic acid groups (broad SMARTS) is 4. The van der Waals surface area contributed by atoms with Crippen molar-refractivity contribution >= 4 is 23.9 Å². The van der Waals surface area contributed by atoms with Crippen LogP contribution in [0.5, 0.6) is 0 Å². The molecule has 0 rings (SSSR count). The predicted octanol–water partition coefficient (Wildman–Crippen LogP) is -1.51. The average molecular weight is 397 g/mol. The number of aliphatic hydroxyl groups is 1. The van der Waals surface area contributed by atoms with Gasteiger partial charge in [-0.05, 0) is 25.7 Å². The predicted molar refractivity (Wildman–Crippen MR) is 94.8 cm³/mol. The summed E-state index contributed by atoms with van der Waals surface area (Å²) in [5, 5.41) is 41.1. The van der Waals surface area contributed by atoms with E-state index in [2.05, 4.69) is 0 Å². The van der Waals surface area contributed by atoms with Crippen molar-refractivity contribution in [2.75, 3.05) is 0 Å². The summed E-state index contributed by atoms with van der Waals surface area (Å²) in [6.45, 7) is 5.23. The van der Waals surface area contributed by atoms with Crippen molar-refractivity contribution in [2.45, 2.75) is 64.3 Å². The molecule has 11 N–H and O–H groups in total. The van der Waals surface area contributed by atoms with Gasteiger partial charge in [-0.15, -0.1) is 0 Å². The van der Waals surface area contributed by atoms with E-state index >= 15 is 0 Å². The SMILES string of the molecule is CC(C)C[C@H](N)C(=O)O.C[C@@H](O)[C@H](N)C(=O)O.N[C@@H](CCC(=O)O)C(=O)O. The van der Waals surface area contributed by atoms with Crippen molar-refractivity contribution in [1.82, 2.24) is 0 Å². The van der Waals surface area contributed by atoms with Gasteiger partial charge in [0.15, 0.2) is 0 Å². The van der Waals surface area contributed by atoms with Gasteiger partial charge >= 0.3 is 23.9 Å². The van der Waals surface area contributed by atoms with E-state index in [9.17, 15) is 19.2 Å². The van der Waals surface area contributed by atoms with Crippen LogP contribution in [0.3, 0.4) is 0 Å². The minimum atomic E-state index is -1.18. The molecule has 0 aromatic carbocycles. The Morgan fingerprint density at radius 2 is 1.19 bits per heavy atom. The Hall–Kier alpha value is -2.28. The van der Waals surface area contributed by atoms with Crippen LogP contribution in [-0.2, 0) is 19.2 Å². The van der Waals surface area contributed by atoms with Crippen LogP contribution in [0.4, 0.5) is 0 Å². The second-order valence-corrected chi connectivity index (χ2v) is 6.06. The molecule has 0 aliphatic carbocycles. The van der Waals surface area contributed by atoms with Gasteiger partial charge in [0.1, 0.15) is 18.1 Å². The molecule has 0 unspecified atom stereocenters. The molecule has 0 heterocycles. The van der Waals surface area contributed by atoms with Gasteiger partial charge in [0.2, 0.25) is 0 Å². The smallest absolute Gasteiger partial charge is 0.323 e. The summed E-state index contributed by atoms with van der Waals surface area (Å²) in [4.78, 5) is 39.8. The molecular formula is C15H31N3O9. The largest absolute Gasteiger partial charge is 0.481 e. The van der Waals surface area contributed by atoms with E-state index in [0.29, 0.717) is 12.3 Å². The van der Waals surface area contributed by atoms with Gasteiger partial charge in [-0.3, -0.25) is 19.2 Å². The summed E-state index contributed by atoms with van der Waals surface area (Å²) < 4.78 is 0. The number of nitrogens with two attached hydrogens (primary N) is 3. The highest BCUT2D eigenvalue weighted by Gasteiger charge is 2.16. The number of carboxylic acids is 4. The topological polar surface area (TPSA) is 247 Å². The Morgan fingerprint density at radius 1 is 0.778 bits per heavy atom. The van der Waals surface area contributed by atoms with Gasteiger partial charge in [-0.25, -0.2) is 0 Å². The Morgan fingerprint density at radius 3 is 1.33 bits per heavy atom. The molecule has 0 aromatic heterocycles. The lowest BCUT2D eigenvalue weighted by Crippen LogP contribution is -2.39. The van der Waals surface area contributed by atoms with Crippen molar-refractivity contribution < 1.29 is 44.7 Å². The number of carbonyl (C=O) groups is 4. The molecule has 0 bridgehead atoms. The molecule has 0 spiro atoms. The van der Waals surface area contributed by atoms with Gasteiger partial charge in [0, 0.05) is 6.42 Å². The summed E-state index contributed by atoms with van der Waals surface area (Å²) >= 11 is 0. The molecule has 0 fully saturated rings. The second kappa shape index (κ2) is 15.9. The standard InChI is InChI=1S/C6H13NO2.C5H9NO4.C4H9NO3/c1-4(2)3-5(7)6(8)9;6-3(5(9)10)1-2-4(7)8;1-2(6)3(5)4(7)8/h4-5H,3,7H2,1-2H3,(H,8,9);3H,1-2,6H2,(H,7,8)(H,9,10);2-3,6H,5H2,1H3,(H,7,8)/t5-;3-;2-,3+/m001/s1. The number of hydrogen-bond donors (Lipinski definition) is 8. The summed E-state index contributed by atoms with van der Waals surface area (Å²) in [7, 11) is 0. The third-order valence-corrected chi connectivity index (χ3v) is 2.83. The summed E-state index contributed by atoms with van der Waals surface area (Å²) in [5.74, 6) is -3.93. The average Bonchev–Trinajstić information content (AvgIpc) is 2.51. The molecule has 0 aliphatic heterocycles. The molecule has 27 heavy (non-hydrogen) atoms. The van der Waals surface area contributed by atoms with Crippen molar-refractivity contribution in [3.63, 3.8) is 0 Å². The quantitative estimate of drug-likeness (QED) is 0.221. The molecule has 0 radical (unpaired) electrons. The van der Waals surface area contributed by atoms with Crippen LogP contribution < -0.4 is 17.2 Å². The fraction of sp³-hybridized carbons (Fsp3) is 0.733. The van der Waals surface area contributed by atoms with E-state index in [-0.39, 0.29) is 12.8 Å². The molecule has 160 valence electrons. The normalized spacial score (nSPS) is 14.4.